The lowest BCUT2D eigenvalue weighted by Gasteiger charge is -2.30. The standard InChI is InChI=1S/C13H20N2O/c1-3-13-7-11(4-5-16-13)15-12-6-10(2)8-14-9-12/h6,8-9,11,13,15H,3-5,7H2,1-2H3. The molecule has 2 atom stereocenters. The van der Waals surface area contributed by atoms with E-state index in [0.29, 0.717) is 12.1 Å². The highest BCUT2D eigenvalue weighted by atomic mass is 16.5. The Bertz CT molecular complexity index is 340. The van der Waals surface area contributed by atoms with Crippen LogP contribution in [0.15, 0.2) is 18.5 Å². The number of pyridine rings is 1. The Morgan fingerprint density at radius 3 is 3.12 bits per heavy atom. The molecule has 1 aliphatic heterocycles. The van der Waals surface area contributed by atoms with Gasteiger partial charge in [0.2, 0.25) is 0 Å². The maximum absolute atomic E-state index is 5.66. The smallest absolute Gasteiger partial charge is 0.0592 e. The van der Waals surface area contributed by atoms with Gasteiger partial charge in [0, 0.05) is 25.0 Å². The van der Waals surface area contributed by atoms with Crippen molar-refractivity contribution >= 4 is 5.69 Å². The number of anilines is 1. The Labute approximate surface area is 97.2 Å². The van der Waals surface area contributed by atoms with Gasteiger partial charge in [-0.2, -0.15) is 0 Å². The molecule has 1 aliphatic rings. The molecule has 0 amide bonds. The van der Waals surface area contributed by atoms with E-state index in [0.717, 1.165) is 31.6 Å². The first-order valence-electron chi connectivity index (χ1n) is 6.07. The highest BCUT2D eigenvalue weighted by Crippen LogP contribution is 2.20. The van der Waals surface area contributed by atoms with E-state index < -0.39 is 0 Å². The van der Waals surface area contributed by atoms with Crippen LogP contribution in [-0.2, 0) is 4.74 Å². The number of ether oxygens (including phenoxy) is 1. The molecule has 1 saturated heterocycles. The molecule has 2 unspecified atom stereocenters. The molecule has 0 aromatic carbocycles. The summed E-state index contributed by atoms with van der Waals surface area (Å²) < 4.78 is 5.66. The molecule has 3 heteroatoms. The average molecular weight is 220 g/mol. The summed E-state index contributed by atoms with van der Waals surface area (Å²) in [6.45, 7) is 5.12. The molecule has 16 heavy (non-hydrogen) atoms. The molecule has 2 heterocycles. The minimum atomic E-state index is 0.420. The van der Waals surface area contributed by atoms with Gasteiger partial charge in [0.25, 0.3) is 0 Å². The average Bonchev–Trinajstić information content (AvgIpc) is 2.29. The van der Waals surface area contributed by atoms with Crippen LogP contribution in [0.25, 0.3) is 0 Å². The van der Waals surface area contributed by atoms with Gasteiger partial charge in [-0.15, -0.1) is 0 Å². The van der Waals surface area contributed by atoms with Crippen LogP contribution in [0.3, 0.4) is 0 Å². The van der Waals surface area contributed by atoms with Crippen molar-refractivity contribution in [2.24, 2.45) is 0 Å². The molecular formula is C13H20N2O. The molecule has 0 saturated carbocycles. The number of aromatic nitrogens is 1. The van der Waals surface area contributed by atoms with Crippen molar-refractivity contribution in [1.29, 1.82) is 0 Å². The fourth-order valence-electron chi connectivity index (χ4n) is 2.17. The molecule has 1 N–H and O–H groups in total. The molecule has 88 valence electrons. The summed E-state index contributed by atoms with van der Waals surface area (Å²) in [7, 11) is 0. The van der Waals surface area contributed by atoms with E-state index >= 15 is 0 Å². The minimum Gasteiger partial charge on any atom is -0.381 e. The van der Waals surface area contributed by atoms with Gasteiger partial charge < -0.3 is 10.1 Å². The predicted molar refractivity (Wildman–Crippen MR) is 65.6 cm³/mol. The number of nitrogens with one attached hydrogen (secondary N) is 1. The lowest BCUT2D eigenvalue weighted by Crippen LogP contribution is -2.33. The first kappa shape index (κ1) is 11.4. The van der Waals surface area contributed by atoms with E-state index in [1.54, 1.807) is 0 Å². The van der Waals surface area contributed by atoms with Crippen molar-refractivity contribution in [2.75, 3.05) is 11.9 Å². The monoisotopic (exact) mass is 220 g/mol. The maximum atomic E-state index is 5.66. The zero-order chi connectivity index (χ0) is 11.4. The zero-order valence-electron chi connectivity index (χ0n) is 10.1. The molecule has 0 radical (unpaired) electrons. The third-order valence-electron chi connectivity index (χ3n) is 3.07. The Morgan fingerprint density at radius 1 is 1.50 bits per heavy atom. The molecule has 1 fully saturated rings. The maximum Gasteiger partial charge on any atom is 0.0592 e. The van der Waals surface area contributed by atoms with Crippen molar-refractivity contribution < 1.29 is 4.74 Å². The molecule has 0 bridgehead atoms. The van der Waals surface area contributed by atoms with E-state index in [1.807, 2.05) is 12.4 Å². The summed E-state index contributed by atoms with van der Waals surface area (Å²) in [4.78, 5) is 4.20. The second kappa shape index (κ2) is 5.30. The third kappa shape index (κ3) is 2.95. The van der Waals surface area contributed by atoms with E-state index in [-0.39, 0.29) is 0 Å². The van der Waals surface area contributed by atoms with Crippen molar-refractivity contribution in [3.63, 3.8) is 0 Å². The van der Waals surface area contributed by atoms with Crippen molar-refractivity contribution in [3.8, 4) is 0 Å². The summed E-state index contributed by atoms with van der Waals surface area (Å²) >= 11 is 0. The summed E-state index contributed by atoms with van der Waals surface area (Å²) in [6.07, 6.45) is 7.48. The topological polar surface area (TPSA) is 34.2 Å². The van der Waals surface area contributed by atoms with Crippen LogP contribution in [-0.4, -0.2) is 23.7 Å². The van der Waals surface area contributed by atoms with Gasteiger partial charge in [-0.05, 0) is 37.8 Å². The predicted octanol–water partition coefficient (Wildman–Crippen LogP) is 2.76. The minimum absolute atomic E-state index is 0.420. The Balaban J connectivity index is 1.94. The van der Waals surface area contributed by atoms with Gasteiger partial charge >= 0.3 is 0 Å². The van der Waals surface area contributed by atoms with Gasteiger partial charge in [0.1, 0.15) is 0 Å². The Morgan fingerprint density at radius 2 is 2.38 bits per heavy atom. The third-order valence-corrected chi connectivity index (χ3v) is 3.07. The van der Waals surface area contributed by atoms with Gasteiger partial charge in [-0.1, -0.05) is 6.92 Å². The van der Waals surface area contributed by atoms with E-state index in [9.17, 15) is 0 Å². The first-order chi connectivity index (χ1) is 7.78. The summed E-state index contributed by atoms with van der Waals surface area (Å²) in [6, 6.07) is 2.67. The van der Waals surface area contributed by atoms with E-state index in [1.165, 1.54) is 5.56 Å². The lowest BCUT2D eigenvalue weighted by molar-refractivity contribution is 0.00925. The fourth-order valence-corrected chi connectivity index (χ4v) is 2.17. The number of hydrogen-bond donors (Lipinski definition) is 1. The molecule has 0 aliphatic carbocycles. The fraction of sp³-hybridized carbons (Fsp3) is 0.615. The van der Waals surface area contributed by atoms with Crippen molar-refractivity contribution in [3.05, 3.63) is 24.0 Å². The first-order valence-corrected chi connectivity index (χ1v) is 6.07. The van der Waals surface area contributed by atoms with Crippen molar-refractivity contribution in [1.82, 2.24) is 4.98 Å². The highest BCUT2D eigenvalue weighted by Gasteiger charge is 2.20. The van der Waals surface area contributed by atoms with Crippen LogP contribution in [0, 0.1) is 6.92 Å². The number of nitrogens with zero attached hydrogens (tertiary/aromatic N) is 1. The van der Waals surface area contributed by atoms with E-state index in [2.05, 4.69) is 30.2 Å². The second-order valence-electron chi connectivity index (χ2n) is 4.52. The van der Waals surface area contributed by atoms with Crippen LogP contribution < -0.4 is 5.32 Å². The van der Waals surface area contributed by atoms with E-state index in [4.69, 9.17) is 4.74 Å². The molecule has 2 rings (SSSR count). The van der Waals surface area contributed by atoms with Gasteiger partial charge in [0.15, 0.2) is 0 Å². The second-order valence-corrected chi connectivity index (χ2v) is 4.52. The lowest BCUT2D eigenvalue weighted by atomic mass is 10.0. The molecular weight excluding hydrogens is 200 g/mol. The number of aryl methyl sites for hydroxylation is 1. The number of rotatable bonds is 3. The van der Waals surface area contributed by atoms with Crippen LogP contribution >= 0.6 is 0 Å². The van der Waals surface area contributed by atoms with Crippen molar-refractivity contribution in [2.45, 2.75) is 45.3 Å². The SMILES string of the molecule is CCC1CC(Nc2cncc(C)c2)CCO1. The molecule has 1 aromatic heterocycles. The largest absolute Gasteiger partial charge is 0.381 e. The highest BCUT2D eigenvalue weighted by molar-refractivity contribution is 5.43. The zero-order valence-corrected chi connectivity index (χ0v) is 10.1. The van der Waals surface area contributed by atoms with Crippen LogP contribution in [0.2, 0.25) is 0 Å². The summed E-state index contributed by atoms with van der Waals surface area (Å²) in [5.41, 5.74) is 2.32. The quantitative estimate of drug-likeness (QED) is 0.850. The number of hydrogen-bond acceptors (Lipinski definition) is 3. The summed E-state index contributed by atoms with van der Waals surface area (Å²) in [5, 5.41) is 3.54. The van der Waals surface area contributed by atoms with Crippen LogP contribution in [0.1, 0.15) is 31.7 Å². The molecule has 3 nitrogen and oxygen atoms in total. The summed E-state index contributed by atoms with van der Waals surface area (Å²) in [5.74, 6) is 0. The van der Waals surface area contributed by atoms with Gasteiger partial charge in [-0.3, -0.25) is 4.98 Å². The molecule has 1 aromatic rings. The Kier molecular flexibility index (Phi) is 3.78. The normalized spacial score (nSPS) is 25.4. The van der Waals surface area contributed by atoms with Crippen LogP contribution in [0.4, 0.5) is 5.69 Å². The van der Waals surface area contributed by atoms with Gasteiger partial charge in [-0.25, -0.2) is 0 Å². The van der Waals surface area contributed by atoms with Crippen LogP contribution in [0.5, 0.6) is 0 Å². The molecule has 0 spiro atoms. The van der Waals surface area contributed by atoms with Gasteiger partial charge in [0.05, 0.1) is 11.8 Å². The Hall–Kier alpha value is -1.09.